The third kappa shape index (κ3) is 4.27. The molecule has 0 saturated heterocycles. The Balaban J connectivity index is 2.70. The highest BCUT2D eigenvalue weighted by molar-refractivity contribution is 5.29. The molecule has 0 aliphatic heterocycles. The Morgan fingerprint density at radius 2 is 2.17 bits per heavy atom. The van der Waals surface area contributed by atoms with E-state index in [0.29, 0.717) is 12.2 Å². The third-order valence-electron chi connectivity index (χ3n) is 2.94. The predicted molar refractivity (Wildman–Crippen MR) is 70.2 cm³/mol. The second-order valence-corrected chi connectivity index (χ2v) is 4.54. The van der Waals surface area contributed by atoms with Crippen molar-refractivity contribution >= 4 is 0 Å². The summed E-state index contributed by atoms with van der Waals surface area (Å²) in [6.45, 7) is 4.63. The summed E-state index contributed by atoms with van der Waals surface area (Å²) in [6.07, 6.45) is 2.03. The van der Waals surface area contributed by atoms with Crippen molar-refractivity contribution in [3.63, 3.8) is 0 Å². The number of benzene rings is 1. The van der Waals surface area contributed by atoms with Crippen LogP contribution < -0.4 is 5.32 Å². The Morgan fingerprint density at radius 1 is 1.44 bits per heavy atom. The molecule has 0 amide bonds. The van der Waals surface area contributed by atoms with Gasteiger partial charge in [-0.25, -0.2) is 4.39 Å². The minimum atomic E-state index is -0.386. The maximum absolute atomic E-state index is 13.7. The van der Waals surface area contributed by atoms with E-state index in [2.05, 4.69) is 12.2 Å². The summed E-state index contributed by atoms with van der Waals surface area (Å²) in [6, 6.07) is 4.35. The number of aromatic hydroxyl groups is 1. The molecule has 2 unspecified atom stereocenters. The minimum absolute atomic E-state index is 0.0505. The Morgan fingerprint density at radius 3 is 2.72 bits per heavy atom. The van der Waals surface area contributed by atoms with Gasteiger partial charge in [0.15, 0.2) is 0 Å². The van der Waals surface area contributed by atoms with Crippen LogP contribution in [0, 0.1) is 5.82 Å². The second kappa shape index (κ2) is 7.34. The van der Waals surface area contributed by atoms with Gasteiger partial charge in [-0.2, -0.15) is 0 Å². The fraction of sp³-hybridized carbons (Fsp3) is 0.571. The molecule has 0 radical (unpaired) electrons. The Bertz CT molecular complexity index is 365. The molecule has 1 aromatic rings. The maximum atomic E-state index is 13.7. The zero-order chi connectivity index (χ0) is 13.5. The van der Waals surface area contributed by atoms with Gasteiger partial charge in [-0.05, 0) is 19.4 Å². The molecule has 0 aliphatic rings. The lowest BCUT2D eigenvalue weighted by atomic mass is 10.1. The number of hydrogen-bond donors (Lipinski definition) is 2. The van der Waals surface area contributed by atoms with Crippen molar-refractivity contribution in [1.82, 2.24) is 5.32 Å². The topological polar surface area (TPSA) is 41.5 Å². The first-order valence-corrected chi connectivity index (χ1v) is 6.31. The average Bonchev–Trinajstić information content (AvgIpc) is 2.29. The standard InChI is InChI=1S/C14H22FNO2/c1-4-5-11(9-18-3)16-10(2)13-7-6-12(17)8-14(13)15/h6-8,10-11,16-17H,4-5,9H2,1-3H3. The molecule has 0 spiro atoms. The molecule has 4 heteroatoms. The van der Waals surface area contributed by atoms with E-state index in [4.69, 9.17) is 4.74 Å². The molecule has 102 valence electrons. The van der Waals surface area contributed by atoms with E-state index < -0.39 is 0 Å². The van der Waals surface area contributed by atoms with Gasteiger partial charge in [-0.15, -0.1) is 0 Å². The molecular formula is C14H22FNO2. The van der Waals surface area contributed by atoms with E-state index in [1.54, 1.807) is 13.2 Å². The van der Waals surface area contributed by atoms with Crippen molar-refractivity contribution < 1.29 is 14.2 Å². The number of methoxy groups -OCH3 is 1. The number of phenolic OH excluding ortho intramolecular Hbond substituents is 1. The van der Waals surface area contributed by atoms with E-state index >= 15 is 0 Å². The van der Waals surface area contributed by atoms with Gasteiger partial charge in [0.2, 0.25) is 0 Å². The number of nitrogens with one attached hydrogen (secondary N) is 1. The molecule has 0 saturated carbocycles. The van der Waals surface area contributed by atoms with Crippen LogP contribution >= 0.6 is 0 Å². The molecule has 2 atom stereocenters. The third-order valence-corrected chi connectivity index (χ3v) is 2.94. The summed E-state index contributed by atoms with van der Waals surface area (Å²) >= 11 is 0. The highest BCUT2D eigenvalue weighted by Gasteiger charge is 2.15. The molecule has 0 fully saturated rings. The van der Waals surface area contributed by atoms with E-state index in [-0.39, 0.29) is 23.7 Å². The Hall–Kier alpha value is -1.13. The maximum Gasteiger partial charge on any atom is 0.131 e. The summed E-state index contributed by atoms with van der Waals surface area (Å²) in [5.41, 5.74) is 0.560. The van der Waals surface area contributed by atoms with Gasteiger partial charge in [0.25, 0.3) is 0 Å². The summed E-state index contributed by atoms with van der Waals surface area (Å²) in [5, 5.41) is 12.5. The van der Waals surface area contributed by atoms with E-state index in [1.807, 2.05) is 6.92 Å². The number of rotatable bonds is 7. The van der Waals surface area contributed by atoms with Gasteiger partial charge in [0.1, 0.15) is 11.6 Å². The highest BCUT2D eigenvalue weighted by Crippen LogP contribution is 2.21. The number of hydrogen-bond acceptors (Lipinski definition) is 3. The zero-order valence-electron chi connectivity index (χ0n) is 11.2. The first kappa shape index (κ1) is 14.9. The van der Waals surface area contributed by atoms with Crippen LogP contribution in [0.15, 0.2) is 18.2 Å². The minimum Gasteiger partial charge on any atom is -0.508 e. The molecule has 0 aliphatic carbocycles. The first-order valence-electron chi connectivity index (χ1n) is 6.31. The summed E-state index contributed by atoms with van der Waals surface area (Å²) in [5.74, 6) is -0.437. The number of phenols is 1. The van der Waals surface area contributed by atoms with E-state index in [0.717, 1.165) is 18.9 Å². The predicted octanol–water partition coefficient (Wildman–Crippen LogP) is 3.00. The smallest absolute Gasteiger partial charge is 0.131 e. The van der Waals surface area contributed by atoms with Gasteiger partial charge < -0.3 is 15.2 Å². The van der Waals surface area contributed by atoms with Crippen molar-refractivity contribution in [2.45, 2.75) is 38.8 Å². The Labute approximate surface area is 108 Å². The molecular weight excluding hydrogens is 233 g/mol. The number of ether oxygens (including phenoxy) is 1. The van der Waals surface area contributed by atoms with Crippen LogP contribution in [0.1, 0.15) is 38.3 Å². The lowest BCUT2D eigenvalue weighted by Gasteiger charge is -2.23. The number of halogens is 1. The summed E-state index contributed by atoms with van der Waals surface area (Å²) in [7, 11) is 1.66. The van der Waals surface area contributed by atoms with Gasteiger partial charge in [-0.3, -0.25) is 0 Å². The lowest BCUT2D eigenvalue weighted by Crippen LogP contribution is -2.35. The monoisotopic (exact) mass is 255 g/mol. The van der Waals surface area contributed by atoms with E-state index in [1.165, 1.54) is 6.07 Å². The van der Waals surface area contributed by atoms with Crippen LogP contribution in [0.25, 0.3) is 0 Å². The Kier molecular flexibility index (Phi) is 6.09. The fourth-order valence-electron chi connectivity index (χ4n) is 2.07. The molecule has 2 N–H and O–H groups in total. The largest absolute Gasteiger partial charge is 0.508 e. The molecule has 0 bridgehead atoms. The van der Waals surface area contributed by atoms with Gasteiger partial charge in [0.05, 0.1) is 6.61 Å². The van der Waals surface area contributed by atoms with Gasteiger partial charge in [-0.1, -0.05) is 19.4 Å². The average molecular weight is 255 g/mol. The van der Waals surface area contributed by atoms with E-state index in [9.17, 15) is 9.50 Å². The molecule has 3 nitrogen and oxygen atoms in total. The van der Waals surface area contributed by atoms with Crippen LogP contribution in [0.2, 0.25) is 0 Å². The van der Waals surface area contributed by atoms with Crippen LogP contribution in [0.4, 0.5) is 4.39 Å². The van der Waals surface area contributed by atoms with Crippen LogP contribution in [-0.4, -0.2) is 24.9 Å². The molecule has 18 heavy (non-hydrogen) atoms. The zero-order valence-corrected chi connectivity index (χ0v) is 11.2. The summed E-state index contributed by atoms with van der Waals surface area (Å²) < 4.78 is 18.8. The fourth-order valence-corrected chi connectivity index (χ4v) is 2.07. The molecule has 1 rings (SSSR count). The lowest BCUT2D eigenvalue weighted by molar-refractivity contribution is 0.156. The van der Waals surface area contributed by atoms with Crippen molar-refractivity contribution in [3.05, 3.63) is 29.6 Å². The van der Waals surface area contributed by atoms with Crippen molar-refractivity contribution in [2.24, 2.45) is 0 Å². The molecule has 0 aromatic heterocycles. The normalized spacial score (nSPS) is 14.4. The molecule has 0 heterocycles. The van der Waals surface area contributed by atoms with Crippen molar-refractivity contribution in [2.75, 3.05) is 13.7 Å². The van der Waals surface area contributed by atoms with Gasteiger partial charge in [0, 0.05) is 30.8 Å². The SMILES string of the molecule is CCCC(COC)NC(C)c1ccc(O)cc1F. The first-order chi connectivity index (χ1) is 8.58. The van der Waals surface area contributed by atoms with Crippen molar-refractivity contribution in [1.29, 1.82) is 0 Å². The van der Waals surface area contributed by atoms with Crippen LogP contribution in [0.3, 0.4) is 0 Å². The highest BCUT2D eigenvalue weighted by atomic mass is 19.1. The quantitative estimate of drug-likeness (QED) is 0.787. The van der Waals surface area contributed by atoms with Crippen LogP contribution in [0.5, 0.6) is 5.75 Å². The van der Waals surface area contributed by atoms with Crippen LogP contribution in [-0.2, 0) is 4.74 Å². The van der Waals surface area contributed by atoms with Gasteiger partial charge >= 0.3 is 0 Å². The second-order valence-electron chi connectivity index (χ2n) is 4.54. The van der Waals surface area contributed by atoms with Crippen molar-refractivity contribution in [3.8, 4) is 5.75 Å². The summed E-state index contributed by atoms with van der Waals surface area (Å²) in [4.78, 5) is 0. The molecule has 1 aromatic carbocycles.